The number of methoxy groups -OCH3 is 1. The Morgan fingerprint density at radius 2 is 1.93 bits per heavy atom. The van der Waals surface area contributed by atoms with Crippen molar-refractivity contribution in [3.63, 3.8) is 0 Å². The fourth-order valence-corrected chi connectivity index (χ4v) is 3.97. The number of rotatable bonds is 7. The number of nitro groups is 1. The van der Waals surface area contributed by atoms with Gasteiger partial charge in [0, 0.05) is 12.1 Å². The van der Waals surface area contributed by atoms with E-state index < -0.39 is 4.92 Å². The Morgan fingerprint density at radius 1 is 1.24 bits per heavy atom. The summed E-state index contributed by atoms with van der Waals surface area (Å²) in [5.41, 5.74) is 1.62. The average molecular weight is 398 g/mol. The molecule has 2 N–H and O–H groups in total. The first-order valence-corrected chi connectivity index (χ1v) is 9.99. The van der Waals surface area contributed by atoms with Crippen LogP contribution < -0.4 is 15.0 Å². The first-order chi connectivity index (χ1) is 14.0. The normalized spacial score (nSPS) is 19.9. The third-order valence-corrected chi connectivity index (χ3v) is 5.77. The molecule has 0 aromatic heterocycles. The molecule has 1 amide bonds. The van der Waals surface area contributed by atoms with Gasteiger partial charge in [-0.3, -0.25) is 14.9 Å². The molecule has 7 nitrogen and oxygen atoms in total. The second-order valence-corrected chi connectivity index (χ2v) is 7.64. The summed E-state index contributed by atoms with van der Waals surface area (Å²) in [4.78, 5) is 24.6. The van der Waals surface area contributed by atoms with Crippen LogP contribution in [-0.4, -0.2) is 37.1 Å². The Bertz CT molecular complexity index is 848. The molecule has 1 saturated heterocycles. The first-order valence-electron chi connectivity index (χ1n) is 9.99. The van der Waals surface area contributed by atoms with E-state index >= 15 is 0 Å². The fourth-order valence-electron chi connectivity index (χ4n) is 3.97. The highest BCUT2D eigenvalue weighted by Crippen LogP contribution is 2.29. The van der Waals surface area contributed by atoms with Gasteiger partial charge >= 0.3 is 0 Å². The number of amides is 1. The number of nitrogens with zero attached hydrogens (tertiary/aromatic N) is 1. The van der Waals surface area contributed by atoms with Crippen molar-refractivity contribution in [2.75, 3.05) is 25.5 Å². The van der Waals surface area contributed by atoms with Crippen molar-refractivity contribution < 1.29 is 19.4 Å². The van der Waals surface area contributed by atoms with Gasteiger partial charge < -0.3 is 15.0 Å². The number of carbonyl (C=O) groups is 1. The number of hydrogen-bond acceptors (Lipinski definition) is 4. The van der Waals surface area contributed by atoms with Gasteiger partial charge in [0.25, 0.3) is 11.6 Å². The summed E-state index contributed by atoms with van der Waals surface area (Å²) in [6, 6.07) is 14.5. The molecule has 0 radical (unpaired) electrons. The molecule has 2 aromatic carbocycles. The Labute approximate surface area is 170 Å². The summed E-state index contributed by atoms with van der Waals surface area (Å²) in [5.74, 6) is 0.904. The summed E-state index contributed by atoms with van der Waals surface area (Å²) >= 11 is 0. The molecule has 0 spiro atoms. The van der Waals surface area contributed by atoms with Crippen LogP contribution in [0, 0.1) is 16.0 Å². The molecule has 1 heterocycles. The highest BCUT2D eigenvalue weighted by atomic mass is 16.6. The SMILES string of the molecule is COc1ccc([N+](=O)[O-])cc1NC(=O)[C@H](C)[NH+]1CCC(Cc2ccccc2)CC1. The maximum atomic E-state index is 12.8. The van der Waals surface area contributed by atoms with Gasteiger partial charge in [0.15, 0.2) is 6.04 Å². The summed E-state index contributed by atoms with van der Waals surface area (Å²) in [6.45, 7) is 3.79. The van der Waals surface area contributed by atoms with E-state index in [4.69, 9.17) is 4.74 Å². The molecule has 2 aromatic rings. The summed E-state index contributed by atoms with van der Waals surface area (Å²) in [7, 11) is 1.48. The second kappa shape index (κ2) is 9.52. The maximum Gasteiger partial charge on any atom is 0.282 e. The van der Waals surface area contributed by atoms with Gasteiger partial charge in [0.2, 0.25) is 0 Å². The van der Waals surface area contributed by atoms with Crippen molar-refractivity contribution in [1.29, 1.82) is 0 Å². The van der Waals surface area contributed by atoms with Crippen LogP contribution >= 0.6 is 0 Å². The number of nitrogens with one attached hydrogen (secondary N) is 2. The van der Waals surface area contributed by atoms with E-state index in [1.54, 1.807) is 0 Å². The summed E-state index contributed by atoms with van der Waals surface area (Å²) < 4.78 is 5.23. The zero-order valence-electron chi connectivity index (χ0n) is 16.9. The number of piperidine rings is 1. The zero-order chi connectivity index (χ0) is 20.8. The van der Waals surface area contributed by atoms with Crippen molar-refractivity contribution in [2.24, 2.45) is 5.92 Å². The number of nitro benzene ring substituents is 1. The molecule has 1 fully saturated rings. The maximum absolute atomic E-state index is 12.8. The van der Waals surface area contributed by atoms with E-state index in [-0.39, 0.29) is 17.6 Å². The average Bonchev–Trinajstić information content (AvgIpc) is 2.74. The molecule has 3 rings (SSSR count). The standard InChI is InChI=1S/C22H27N3O4/c1-16(22(26)23-20-15-19(25(27)28)8-9-21(20)29-2)24-12-10-18(11-13-24)14-17-6-4-3-5-7-17/h3-9,15-16,18H,10-14H2,1-2H3,(H,23,26)/p+1/t16-/m0/s1. The van der Waals surface area contributed by atoms with Crippen LogP contribution in [-0.2, 0) is 11.2 Å². The van der Waals surface area contributed by atoms with E-state index in [1.165, 1.54) is 35.8 Å². The number of likely N-dealkylation sites (tertiary alicyclic amines) is 1. The van der Waals surface area contributed by atoms with Crippen molar-refractivity contribution in [1.82, 2.24) is 0 Å². The van der Waals surface area contributed by atoms with Gasteiger partial charge in [-0.05, 0) is 43.7 Å². The predicted octanol–water partition coefficient (Wildman–Crippen LogP) is 2.47. The van der Waals surface area contributed by atoms with Crippen molar-refractivity contribution in [3.8, 4) is 5.75 Å². The molecule has 0 aliphatic carbocycles. The smallest absolute Gasteiger partial charge is 0.282 e. The van der Waals surface area contributed by atoms with Crippen molar-refractivity contribution in [2.45, 2.75) is 32.2 Å². The summed E-state index contributed by atoms with van der Waals surface area (Å²) in [6.07, 6.45) is 3.25. The molecule has 1 atom stereocenters. The number of hydrogen-bond donors (Lipinski definition) is 2. The lowest BCUT2D eigenvalue weighted by molar-refractivity contribution is -0.919. The van der Waals surface area contributed by atoms with E-state index in [9.17, 15) is 14.9 Å². The number of carbonyl (C=O) groups excluding carboxylic acids is 1. The predicted molar refractivity (Wildman–Crippen MR) is 111 cm³/mol. The van der Waals surface area contributed by atoms with Gasteiger partial charge in [-0.1, -0.05) is 30.3 Å². The third-order valence-electron chi connectivity index (χ3n) is 5.77. The van der Waals surface area contributed by atoms with Crippen LogP contribution in [0.4, 0.5) is 11.4 Å². The minimum absolute atomic E-state index is 0.0807. The fraction of sp³-hybridized carbons (Fsp3) is 0.409. The van der Waals surface area contributed by atoms with E-state index in [1.807, 2.05) is 13.0 Å². The quantitative estimate of drug-likeness (QED) is 0.554. The largest absolute Gasteiger partial charge is 0.495 e. The topological polar surface area (TPSA) is 85.9 Å². The van der Waals surface area contributed by atoms with Crippen LogP contribution in [0.1, 0.15) is 25.3 Å². The van der Waals surface area contributed by atoms with Gasteiger partial charge in [0.1, 0.15) is 5.75 Å². The van der Waals surface area contributed by atoms with Gasteiger partial charge in [0.05, 0.1) is 30.8 Å². The van der Waals surface area contributed by atoms with Gasteiger partial charge in [-0.2, -0.15) is 0 Å². The molecular weight excluding hydrogens is 370 g/mol. The Kier molecular flexibility index (Phi) is 6.82. The number of ether oxygens (including phenoxy) is 1. The van der Waals surface area contributed by atoms with Crippen molar-refractivity contribution in [3.05, 3.63) is 64.2 Å². The molecule has 7 heteroatoms. The molecule has 154 valence electrons. The minimum atomic E-state index is -0.485. The lowest BCUT2D eigenvalue weighted by Crippen LogP contribution is -3.17. The second-order valence-electron chi connectivity index (χ2n) is 7.64. The van der Waals surface area contributed by atoms with Crippen LogP contribution in [0.5, 0.6) is 5.75 Å². The van der Waals surface area contributed by atoms with Crippen LogP contribution in [0.2, 0.25) is 0 Å². The Hall–Kier alpha value is -2.93. The molecule has 1 aliphatic rings. The lowest BCUT2D eigenvalue weighted by Gasteiger charge is -2.32. The van der Waals surface area contributed by atoms with E-state index in [0.29, 0.717) is 17.4 Å². The Morgan fingerprint density at radius 3 is 2.55 bits per heavy atom. The molecule has 0 unspecified atom stereocenters. The molecule has 29 heavy (non-hydrogen) atoms. The minimum Gasteiger partial charge on any atom is -0.495 e. The molecule has 0 saturated carbocycles. The molecule has 0 bridgehead atoms. The van der Waals surface area contributed by atoms with E-state index in [2.05, 4.69) is 29.6 Å². The summed E-state index contributed by atoms with van der Waals surface area (Å²) in [5, 5.41) is 13.8. The number of benzene rings is 2. The zero-order valence-corrected chi connectivity index (χ0v) is 16.9. The molecular formula is C22H28N3O4+. The van der Waals surface area contributed by atoms with Crippen LogP contribution in [0.3, 0.4) is 0 Å². The number of non-ortho nitro benzene ring substituents is 1. The Balaban J connectivity index is 1.57. The monoisotopic (exact) mass is 398 g/mol. The molecule has 1 aliphatic heterocycles. The highest BCUT2D eigenvalue weighted by molar-refractivity contribution is 5.95. The van der Waals surface area contributed by atoms with Gasteiger partial charge in [-0.25, -0.2) is 0 Å². The lowest BCUT2D eigenvalue weighted by atomic mass is 9.89. The number of quaternary nitrogens is 1. The highest BCUT2D eigenvalue weighted by Gasteiger charge is 2.30. The van der Waals surface area contributed by atoms with E-state index in [0.717, 1.165) is 32.4 Å². The van der Waals surface area contributed by atoms with Gasteiger partial charge in [-0.15, -0.1) is 0 Å². The van der Waals surface area contributed by atoms with Crippen LogP contribution in [0.25, 0.3) is 0 Å². The van der Waals surface area contributed by atoms with Crippen LogP contribution in [0.15, 0.2) is 48.5 Å². The van der Waals surface area contributed by atoms with Crippen molar-refractivity contribution >= 4 is 17.3 Å². The first kappa shape index (κ1) is 20.8. The number of anilines is 1. The third kappa shape index (κ3) is 5.32.